The molecule has 1 fully saturated rings. The van der Waals surface area contributed by atoms with Crippen molar-refractivity contribution in [1.29, 1.82) is 0 Å². The number of aliphatic hydroxyl groups is 1. The number of ether oxygens (including phenoxy) is 2. The van der Waals surface area contributed by atoms with Crippen LogP contribution in [0, 0.1) is 0 Å². The first-order valence-electron chi connectivity index (χ1n) is 11.4. The number of hydrogen-bond acceptors (Lipinski definition) is 5. The van der Waals surface area contributed by atoms with Gasteiger partial charge in [-0.25, -0.2) is 0 Å². The maximum absolute atomic E-state index is 13.0. The molecular weight excluding hydrogens is 432 g/mol. The van der Waals surface area contributed by atoms with Gasteiger partial charge in [-0.3, -0.25) is 9.59 Å². The number of para-hydroxylation sites is 1. The predicted molar refractivity (Wildman–Crippen MR) is 125 cm³/mol. The summed E-state index contributed by atoms with van der Waals surface area (Å²) >= 11 is 0. The van der Waals surface area contributed by atoms with Crippen LogP contribution in [0.2, 0.25) is 0 Å². The predicted octanol–water partition coefficient (Wildman–Crippen LogP) is 3.40. The zero-order chi connectivity index (χ0) is 23.5. The summed E-state index contributed by atoms with van der Waals surface area (Å²) in [6, 6.07) is 22.7. The smallest absolute Gasteiger partial charge is 0.255 e. The Hall–Kier alpha value is -3.84. The maximum Gasteiger partial charge on any atom is 0.255 e. The molecule has 174 valence electrons. The van der Waals surface area contributed by atoms with Gasteiger partial charge in [0.1, 0.15) is 30.9 Å². The van der Waals surface area contributed by atoms with Crippen molar-refractivity contribution in [2.24, 2.45) is 0 Å². The minimum absolute atomic E-state index is 0.150. The Morgan fingerprint density at radius 3 is 2.29 bits per heavy atom. The fourth-order valence-corrected chi connectivity index (χ4v) is 4.40. The molecule has 0 spiro atoms. The Balaban J connectivity index is 1.21. The van der Waals surface area contributed by atoms with Crippen molar-refractivity contribution in [1.82, 2.24) is 10.2 Å². The minimum atomic E-state index is -1.06. The number of aliphatic hydroxyl groups excluding tert-OH is 1. The maximum atomic E-state index is 13.0. The molecule has 1 saturated heterocycles. The molecule has 2 unspecified atom stereocenters. The third-order valence-corrected chi connectivity index (χ3v) is 6.26. The molecule has 34 heavy (non-hydrogen) atoms. The molecule has 2 N–H and O–H groups in total. The van der Waals surface area contributed by atoms with Crippen LogP contribution in [0.4, 0.5) is 0 Å². The number of rotatable bonds is 7. The number of carbonyl (C=O) groups excluding carboxylic acids is 2. The summed E-state index contributed by atoms with van der Waals surface area (Å²) in [5, 5.41) is 12.8. The van der Waals surface area contributed by atoms with E-state index in [4.69, 9.17) is 9.47 Å². The number of fused-ring (bicyclic) bond motifs is 1. The van der Waals surface area contributed by atoms with Gasteiger partial charge in [-0.1, -0.05) is 48.5 Å². The van der Waals surface area contributed by atoms with E-state index in [0.29, 0.717) is 37.5 Å². The van der Waals surface area contributed by atoms with E-state index in [-0.39, 0.29) is 18.2 Å². The largest absolute Gasteiger partial charge is 0.489 e. The first kappa shape index (κ1) is 22.0. The number of amides is 2. The van der Waals surface area contributed by atoms with E-state index in [1.807, 2.05) is 60.7 Å². The highest BCUT2D eigenvalue weighted by Gasteiger charge is 2.40. The van der Waals surface area contributed by atoms with E-state index in [0.717, 1.165) is 22.4 Å². The van der Waals surface area contributed by atoms with Crippen LogP contribution in [0.3, 0.4) is 0 Å². The number of carbonyl (C=O) groups is 2. The highest BCUT2D eigenvalue weighted by Crippen LogP contribution is 2.34. The van der Waals surface area contributed by atoms with Gasteiger partial charge in [0.25, 0.3) is 5.91 Å². The lowest BCUT2D eigenvalue weighted by Crippen LogP contribution is -2.55. The first-order chi connectivity index (χ1) is 16.6. The van der Waals surface area contributed by atoms with Crippen molar-refractivity contribution in [2.75, 3.05) is 0 Å². The van der Waals surface area contributed by atoms with Crippen molar-refractivity contribution < 1.29 is 24.2 Å². The number of piperidine rings is 1. The fourth-order valence-electron chi connectivity index (χ4n) is 4.40. The van der Waals surface area contributed by atoms with Crippen molar-refractivity contribution in [3.8, 4) is 11.5 Å². The van der Waals surface area contributed by atoms with Crippen molar-refractivity contribution >= 4 is 11.8 Å². The molecule has 0 aromatic heterocycles. The van der Waals surface area contributed by atoms with Crippen molar-refractivity contribution in [3.63, 3.8) is 0 Å². The molecule has 2 atom stereocenters. The molecular formula is C27H26N2O5. The fraction of sp³-hybridized carbons (Fsp3) is 0.259. The third kappa shape index (κ3) is 4.61. The number of hydrogen-bond donors (Lipinski definition) is 2. The molecule has 0 saturated carbocycles. The summed E-state index contributed by atoms with van der Waals surface area (Å²) in [7, 11) is 0. The SMILES string of the molecule is O=C1CCC(N2Cc3c(OCc4ccc(COc5ccccc5)cc4)cccc3C2=O)C(O)N1. The molecule has 0 radical (unpaired) electrons. The zero-order valence-electron chi connectivity index (χ0n) is 18.6. The molecule has 2 aliphatic heterocycles. The molecule has 5 rings (SSSR count). The quantitative estimate of drug-likeness (QED) is 0.567. The summed E-state index contributed by atoms with van der Waals surface area (Å²) in [6.07, 6.45) is -0.339. The molecule has 2 aliphatic rings. The van der Waals surface area contributed by atoms with Gasteiger partial charge in [0.05, 0.1) is 12.6 Å². The Bertz CT molecular complexity index is 1180. The van der Waals surface area contributed by atoms with Crippen LogP contribution in [0.5, 0.6) is 11.5 Å². The van der Waals surface area contributed by atoms with Gasteiger partial charge in [0.2, 0.25) is 5.91 Å². The molecule has 0 aliphatic carbocycles. The molecule has 2 heterocycles. The van der Waals surface area contributed by atoms with Crippen LogP contribution in [-0.2, 0) is 24.6 Å². The van der Waals surface area contributed by atoms with Crippen molar-refractivity contribution in [2.45, 2.75) is 44.9 Å². The zero-order valence-corrected chi connectivity index (χ0v) is 18.6. The van der Waals surface area contributed by atoms with Crippen LogP contribution in [0.1, 0.15) is 39.9 Å². The third-order valence-electron chi connectivity index (χ3n) is 6.26. The summed E-state index contributed by atoms with van der Waals surface area (Å²) in [4.78, 5) is 26.1. The van der Waals surface area contributed by atoms with Crippen LogP contribution < -0.4 is 14.8 Å². The van der Waals surface area contributed by atoms with Crippen LogP contribution in [0.25, 0.3) is 0 Å². The van der Waals surface area contributed by atoms with Gasteiger partial charge in [-0.05, 0) is 41.8 Å². The van der Waals surface area contributed by atoms with E-state index >= 15 is 0 Å². The second kappa shape index (κ2) is 9.57. The highest BCUT2D eigenvalue weighted by molar-refractivity contribution is 5.99. The lowest BCUT2D eigenvalue weighted by atomic mass is 10.0. The summed E-state index contributed by atoms with van der Waals surface area (Å²) in [5.41, 5.74) is 3.46. The topological polar surface area (TPSA) is 88.1 Å². The Morgan fingerprint density at radius 1 is 0.882 bits per heavy atom. The van der Waals surface area contributed by atoms with Gasteiger partial charge >= 0.3 is 0 Å². The number of nitrogens with zero attached hydrogens (tertiary/aromatic N) is 1. The highest BCUT2D eigenvalue weighted by atomic mass is 16.5. The standard InChI is InChI=1S/C27H26N2O5/c30-25-14-13-23(26(31)28-25)29-15-22-21(27(29)32)7-4-8-24(22)34-17-19-11-9-18(10-12-19)16-33-20-5-2-1-3-6-20/h1-12,23,26,31H,13-17H2,(H,28,30). The molecule has 3 aromatic carbocycles. The molecule has 0 bridgehead atoms. The van der Waals surface area contributed by atoms with E-state index < -0.39 is 12.3 Å². The molecule has 7 nitrogen and oxygen atoms in total. The second-order valence-electron chi connectivity index (χ2n) is 8.54. The van der Waals surface area contributed by atoms with Crippen LogP contribution >= 0.6 is 0 Å². The summed E-state index contributed by atoms with van der Waals surface area (Å²) in [5.74, 6) is 1.14. The second-order valence-corrected chi connectivity index (χ2v) is 8.54. The van der Waals surface area contributed by atoms with E-state index in [2.05, 4.69) is 5.32 Å². The lowest BCUT2D eigenvalue weighted by molar-refractivity contribution is -0.129. The Morgan fingerprint density at radius 2 is 1.59 bits per heavy atom. The molecule has 7 heteroatoms. The van der Waals surface area contributed by atoms with Crippen LogP contribution in [0.15, 0.2) is 72.8 Å². The van der Waals surface area contributed by atoms with E-state index in [1.54, 1.807) is 17.0 Å². The average molecular weight is 459 g/mol. The Kier molecular flexibility index (Phi) is 6.18. The number of nitrogens with one attached hydrogen (secondary N) is 1. The lowest BCUT2D eigenvalue weighted by Gasteiger charge is -2.35. The van der Waals surface area contributed by atoms with E-state index in [1.165, 1.54) is 0 Å². The molecule has 3 aromatic rings. The normalized spacial score (nSPS) is 19.5. The Labute approximate surface area is 197 Å². The number of benzene rings is 3. The van der Waals surface area contributed by atoms with Crippen molar-refractivity contribution in [3.05, 3.63) is 95.1 Å². The van der Waals surface area contributed by atoms with Gasteiger partial charge < -0.3 is 24.8 Å². The summed E-state index contributed by atoms with van der Waals surface area (Å²) in [6.45, 7) is 1.20. The van der Waals surface area contributed by atoms with Gasteiger partial charge in [0.15, 0.2) is 0 Å². The molecule has 2 amide bonds. The monoisotopic (exact) mass is 458 g/mol. The van der Waals surface area contributed by atoms with Gasteiger partial charge in [-0.15, -0.1) is 0 Å². The van der Waals surface area contributed by atoms with Gasteiger partial charge in [0, 0.05) is 17.5 Å². The summed E-state index contributed by atoms with van der Waals surface area (Å²) < 4.78 is 11.9. The minimum Gasteiger partial charge on any atom is -0.489 e. The van der Waals surface area contributed by atoms with E-state index in [9.17, 15) is 14.7 Å². The van der Waals surface area contributed by atoms with Gasteiger partial charge in [-0.2, -0.15) is 0 Å². The average Bonchev–Trinajstić information content (AvgIpc) is 3.19. The first-order valence-corrected chi connectivity index (χ1v) is 11.4. The van der Waals surface area contributed by atoms with Crippen LogP contribution in [-0.4, -0.2) is 34.1 Å².